The van der Waals surface area contributed by atoms with Gasteiger partial charge in [0.25, 0.3) is 0 Å². The zero-order chi connectivity index (χ0) is 14.0. The third-order valence-corrected chi connectivity index (χ3v) is 5.68. The van der Waals surface area contributed by atoms with Crippen LogP contribution in [-0.2, 0) is 16.4 Å². The van der Waals surface area contributed by atoms with Gasteiger partial charge < -0.3 is 10.2 Å². The summed E-state index contributed by atoms with van der Waals surface area (Å²) in [5, 5.41) is 3.16. The fourth-order valence-corrected chi connectivity index (χ4v) is 4.49. The molecule has 19 heavy (non-hydrogen) atoms. The third kappa shape index (κ3) is 3.49. The Hall–Kier alpha value is -0.590. The van der Waals surface area contributed by atoms with Crippen LogP contribution in [0.4, 0.5) is 5.69 Å². The molecule has 1 aliphatic heterocycles. The fraction of sp³-hybridized carbons (Fsp3) is 0.538. The number of nitrogens with one attached hydrogen (secondary N) is 1. The van der Waals surface area contributed by atoms with Gasteiger partial charge in [-0.2, -0.15) is 0 Å². The van der Waals surface area contributed by atoms with Crippen molar-refractivity contribution in [2.45, 2.75) is 19.5 Å². The van der Waals surface area contributed by atoms with Gasteiger partial charge in [0.05, 0.1) is 11.5 Å². The van der Waals surface area contributed by atoms with Gasteiger partial charge in [0.15, 0.2) is 9.84 Å². The molecule has 0 radical (unpaired) electrons. The van der Waals surface area contributed by atoms with Crippen molar-refractivity contribution in [2.75, 3.05) is 30.0 Å². The van der Waals surface area contributed by atoms with E-state index >= 15 is 0 Å². The second-order valence-electron chi connectivity index (χ2n) is 4.96. The number of anilines is 1. The maximum absolute atomic E-state index is 11.7. The molecule has 1 heterocycles. The van der Waals surface area contributed by atoms with E-state index in [9.17, 15) is 8.42 Å². The summed E-state index contributed by atoms with van der Waals surface area (Å²) in [5.41, 5.74) is 2.31. The van der Waals surface area contributed by atoms with Crippen LogP contribution in [0.5, 0.6) is 0 Å². The van der Waals surface area contributed by atoms with Gasteiger partial charge in [0, 0.05) is 29.3 Å². The molecule has 1 aromatic carbocycles. The minimum absolute atomic E-state index is 0.0236. The third-order valence-electron chi connectivity index (χ3n) is 3.39. The topological polar surface area (TPSA) is 49.4 Å². The number of sulfone groups is 1. The highest BCUT2D eigenvalue weighted by atomic mass is 79.9. The van der Waals surface area contributed by atoms with Crippen molar-refractivity contribution in [2.24, 2.45) is 0 Å². The van der Waals surface area contributed by atoms with Crippen LogP contribution in [0.1, 0.15) is 12.5 Å². The Labute approximate surface area is 123 Å². The Morgan fingerprint density at radius 2 is 2.21 bits per heavy atom. The number of nitrogens with zero attached hydrogens (tertiary/aromatic N) is 1. The van der Waals surface area contributed by atoms with Gasteiger partial charge in [-0.15, -0.1) is 0 Å². The highest BCUT2D eigenvalue weighted by Crippen LogP contribution is 2.28. The van der Waals surface area contributed by atoms with Gasteiger partial charge in [-0.05, 0) is 37.7 Å². The predicted molar refractivity (Wildman–Crippen MR) is 82.4 cm³/mol. The van der Waals surface area contributed by atoms with E-state index in [0.717, 1.165) is 16.7 Å². The molecule has 1 fully saturated rings. The van der Waals surface area contributed by atoms with Crippen molar-refractivity contribution >= 4 is 31.5 Å². The van der Waals surface area contributed by atoms with E-state index in [1.807, 2.05) is 20.0 Å². The molecule has 1 unspecified atom stereocenters. The number of benzene rings is 1. The van der Waals surface area contributed by atoms with Gasteiger partial charge in [-0.1, -0.05) is 15.9 Å². The maximum Gasteiger partial charge on any atom is 0.154 e. The fourth-order valence-electron chi connectivity index (χ4n) is 2.52. The lowest BCUT2D eigenvalue weighted by Gasteiger charge is -2.36. The minimum Gasteiger partial charge on any atom is -0.367 e. The van der Waals surface area contributed by atoms with Gasteiger partial charge in [-0.25, -0.2) is 8.42 Å². The van der Waals surface area contributed by atoms with Gasteiger partial charge in [-0.3, -0.25) is 0 Å². The molecule has 1 aromatic rings. The Balaban J connectivity index is 2.31. The van der Waals surface area contributed by atoms with E-state index in [2.05, 4.69) is 38.3 Å². The molecule has 1 N–H and O–H groups in total. The number of halogens is 1. The van der Waals surface area contributed by atoms with E-state index in [4.69, 9.17) is 0 Å². The zero-order valence-electron chi connectivity index (χ0n) is 11.2. The molecule has 0 saturated carbocycles. The van der Waals surface area contributed by atoms with E-state index in [-0.39, 0.29) is 17.5 Å². The number of hydrogen-bond donors (Lipinski definition) is 1. The van der Waals surface area contributed by atoms with E-state index in [1.165, 1.54) is 5.56 Å². The average molecular weight is 347 g/mol. The minimum atomic E-state index is -2.87. The molecule has 1 aliphatic rings. The van der Waals surface area contributed by atoms with Crippen molar-refractivity contribution in [3.05, 3.63) is 28.2 Å². The molecule has 1 atom stereocenters. The summed E-state index contributed by atoms with van der Waals surface area (Å²) < 4.78 is 24.4. The van der Waals surface area contributed by atoms with Crippen LogP contribution >= 0.6 is 15.9 Å². The van der Waals surface area contributed by atoms with Gasteiger partial charge >= 0.3 is 0 Å². The standard InChI is InChI=1S/C13H19BrN2O2S/c1-10-9-19(17,18)6-5-16(10)13-4-3-12(14)7-11(13)8-15-2/h3-4,7,10,15H,5-6,8-9H2,1-2H3. The van der Waals surface area contributed by atoms with E-state index in [1.54, 1.807) is 0 Å². The lowest BCUT2D eigenvalue weighted by Crippen LogP contribution is -2.47. The van der Waals surface area contributed by atoms with Crippen LogP contribution in [-0.4, -0.2) is 39.6 Å². The first kappa shape index (κ1) is 14.8. The maximum atomic E-state index is 11.7. The lowest BCUT2D eigenvalue weighted by atomic mass is 10.1. The summed E-state index contributed by atoms with van der Waals surface area (Å²) >= 11 is 3.48. The van der Waals surface area contributed by atoms with Crippen LogP contribution in [0.3, 0.4) is 0 Å². The highest BCUT2D eigenvalue weighted by Gasteiger charge is 2.29. The molecule has 2 rings (SSSR count). The Kier molecular flexibility index (Phi) is 4.53. The molecule has 0 amide bonds. The summed E-state index contributed by atoms with van der Waals surface area (Å²) in [4.78, 5) is 2.19. The van der Waals surface area contributed by atoms with Crippen LogP contribution in [0.25, 0.3) is 0 Å². The normalized spacial score (nSPS) is 22.5. The Morgan fingerprint density at radius 1 is 1.47 bits per heavy atom. The summed E-state index contributed by atoms with van der Waals surface area (Å²) in [7, 11) is -0.961. The highest BCUT2D eigenvalue weighted by molar-refractivity contribution is 9.10. The first-order valence-electron chi connectivity index (χ1n) is 6.33. The SMILES string of the molecule is CNCc1cc(Br)ccc1N1CCS(=O)(=O)CC1C. The Bertz CT molecular complexity index is 560. The molecule has 0 bridgehead atoms. The number of rotatable bonds is 3. The molecule has 6 heteroatoms. The summed E-state index contributed by atoms with van der Waals surface area (Å²) in [6.07, 6.45) is 0. The average Bonchev–Trinajstić information content (AvgIpc) is 2.30. The molecule has 0 aromatic heterocycles. The quantitative estimate of drug-likeness (QED) is 0.906. The van der Waals surface area contributed by atoms with E-state index in [0.29, 0.717) is 6.54 Å². The van der Waals surface area contributed by atoms with Crippen molar-refractivity contribution in [3.63, 3.8) is 0 Å². The van der Waals surface area contributed by atoms with Crippen molar-refractivity contribution in [1.29, 1.82) is 0 Å². The summed E-state index contributed by atoms with van der Waals surface area (Å²) in [6, 6.07) is 6.17. The molecule has 0 spiro atoms. The molecule has 1 saturated heterocycles. The van der Waals surface area contributed by atoms with Crippen LogP contribution in [0, 0.1) is 0 Å². The zero-order valence-corrected chi connectivity index (χ0v) is 13.6. The Morgan fingerprint density at radius 3 is 2.84 bits per heavy atom. The molecular formula is C13H19BrN2O2S. The van der Waals surface area contributed by atoms with Gasteiger partial charge in [0.2, 0.25) is 0 Å². The van der Waals surface area contributed by atoms with Crippen LogP contribution < -0.4 is 10.2 Å². The molecule has 4 nitrogen and oxygen atoms in total. The number of hydrogen-bond acceptors (Lipinski definition) is 4. The van der Waals surface area contributed by atoms with Crippen molar-refractivity contribution in [1.82, 2.24) is 5.32 Å². The van der Waals surface area contributed by atoms with Crippen molar-refractivity contribution < 1.29 is 8.42 Å². The smallest absolute Gasteiger partial charge is 0.154 e. The predicted octanol–water partition coefficient (Wildman–Crippen LogP) is 1.79. The summed E-state index contributed by atoms with van der Waals surface area (Å²) in [6.45, 7) is 3.31. The second kappa shape index (κ2) is 5.81. The monoisotopic (exact) mass is 346 g/mol. The van der Waals surface area contributed by atoms with Crippen molar-refractivity contribution in [3.8, 4) is 0 Å². The van der Waals surface area contributed by atoms with Gasteiger partial charge in [0.1, 0.15) is 0 Å². The van der Waals surface area contributed by atoms with Crippen LogP contribution in [0.15, 0.2) is 22.7 Å². The van der Waals surface area contributed by atoms with E-state index < -0.39 is 9.84 Å². The molecular weight excluding hydrogens is 328 g/mol. The first-order valence-corrected chi connectivity index (χ1v) is 8.94. The largest absolute Gasteiger partial charge is 0.367 e. The summed E-state index contributed by atoms with van der Waals surface area (Å²) in [5.74, 6) is 0.481. The lowest BCUT2D eigenvalue weighted by molar-refractivity contribution is 0.567. The molecule has 0 aliphatic carbocycles. The first-order chi connectivity index (χ1) is 8.93. The van der Waals surface area contributed by atoms with Crippen LogP contribution in [0.2, 0.25) is 0 Å². The molecule has 106 valence electrons. The second-order valence-corrected chi connectivity index (χ2v) is 8.10.